The van der Waals surface area contributed by atoms with Crippen LogP contribution < -0.4 is 10.1 Å². The van der Waals surface area contributed by atoms with Crippen LogP contribution in [-0.4, -0.2) is 52.5 Å². The molecule has 1 fully saturated rings. The Morgan fingerprint density at radius 3 is 2.70 bits per heavy atom. The maximum atomic E-state index is 12.5. The number of carbonyl (C=O) groups is 2. The minimum Gasteiger partial charge on any atom is -0.496 e. The van der Waals surface area contributed by atoms with Crippen molar-refractivity contribution in [2.24, 2.45) is 12.0 Å². The van der Waals surface area contributed by atoms with E-state index < -0.39 is 0 Å². The molecule has 1 aromatic heterocycles. The van der Waals surface area contributed by atoms with Crippen molar-refractivity contribution in [2.45, 2.75) is 19.3 Å². The van der Waals surface area contributed by atoms with Crippen molar-refractivity contribution in [3.63, 3.8) is 0 Å². The third-order valence-electron chi connectivity index (χ3n) is 4.93. The summed E-state index contributed by atoms with van der Waals surface area (Å²) in [5.74, 6) is 1.53. The fourth-order valence-electron chi connectivity index (χ4n) is 3.48. The van der Waals surface area contributed by atoms with Gasteiger partial charge in [-0.1, -0.05) is 0 Å². The second-order valence-electron chi connectivity index (χ2n) is 6.74. The van der Waals surface area contributed by atoms with Crippen LogP contribution in [0.25, 0.3) is 11.1 Å². The van der Waals surface area contributed by atoms with Gasteiger partial charge in [-0.25, -0.2) is 9.79 Å². The molecule has 8 nitrogen and oxygen atoms in total. The molecule has 0 saturated carbocycles. The van der Waals surface area contributed by atoms with Crippen LogP contribution in [0.1, 0.15) is 18.4 Å². The molecule has 2 aromatic rings. The largest absolute Gasteiger partial charge is 0.496 e. The summed E-state index contributed by atoms with van der Waals surface area (Å²) in [6, 6.07) is 3.66. The molecule has 1 aromatic carbocycles. The van der Waals surface area contributed by atoms with E-state index in [2.05, 4.69) is 15.4 Å². The zero-order chi connectivity index (χ0) is 19.0. The van der Waals surface area contributed by atoms with Gasteiger partial charge in [0.2, 0.25) is 0 Å². The van der Waals surface area contributed by atoms with Crippen molar-refractivity contribution in [2.75, 3.05) is 20.2 Å². The number of aryl methyl sites for hydroxylation is 1. The van der Waals surface area contributed by atoms with Gasteiger partial charge < -0.3 is 9.64 Å². The molecule has 0 radical (unpaired) electrons. The van der Waals surface area contributed by atoms with Crippen molar-refractivity contribution in [3.05, 3.63) is 30.1 Å². The highest BCUT2D eigenvalue weighted by Crippen LogP contribution is 2.41. The molecule has 1 saturated heterocycles. The Balaban J connectivity index is 1.59. The van der Waals surface area contributed by atoms with E-state index in [1.807, 2.05) is 25.4 Å². The number of nitrogens with one attached hydrogen (secondary N) is 1. The number of amidine groups is 1. The number of benzene rings is 1. The lowest BCUT2D eigenvalue weighted by atomic mass is 10.0. The number of ether oxygens (including phenoxy) is 1. The van der Waals surface area contributed by atoms with Gasteiger partial charge in [-0.2, -0.15) is 5.10 Å². The first-order valence-corrected chi connectivity index (χ1v) is 8.89. The SMILES string of the molecule is COc1ccc(-c2cnn(C)c2)c2c1CC(NC(=O)N1CCC(=O)CC1)=N2. The monoisotopic (exact) mass is 367 g/mol. The Morgan fingerprint density at radius 2 is 2.04 bits per heavy atom. The summed E-state index contributed by atoms with van der Waals surface area (Å²) < 4.78 is 7.22. The van der Waals surface area contributed by atoms with Crippen LogP contribution in [0.3, 0.4) is 0 Å². The molecule has 0 spiro atoms. The molecule has 1 N–H and O–H groups in total. The molecule has 2 aliphatic rings. The molecule has 8 heteroatoms. The van der Waals surface area contributed by atoms with Gasteiger partial charge in [0, 0.05) is 62.3 Å². The zero-order valence-electron chi connectivity index (χ0n) is 15.4. The highest BCUT2D eigenvalue weighted by atomic mass is 16.5. The average molecular weight is 367 g/mol. The summed E-state index contributed by atoms with van der Waals surface area (Å²) in [5.41, 5.74) is 3.66. The number of likely N-dealkylation sites (tertiary alicyclic amines) is 1. The van der Waals surface area contributed by atoms with Crippen LogP contribution >= 0.6 is 0 Å². The van der Waals surface area contributed by atoms with Gasteiger partial charge >= 0.3 is 6.03 Å². The van der Waals surface area contributed by atoms with Crippen LogP contribution in [0.2, 0.25) is 0 Å². The summed E-state index contributed by atoms with van der Waals surface area (Å²) >= 11 is 0. The predicted molar refractivity (Wildman–Crippen MR) is 100 cm³/mol. The van der Waals surface area contributed by atoms with Crippen molar-refractivity contribution in [1.82, 2.24) is 20.0 Å². The smallest absolute Gasteiger partial charge is 0.322 e. The first-order chi connectivity index (χ1) is 13.0. The van der Waals surface area contributed by atoms with E-state index in [0.29, 0.717) is 38.2 Å². The zero-order valence-corrected chi connectivity index (χ0v) is 15.4. The van der Waals surface area contributed by atoms with Crippen LogP contribution in [0.15, 0.2) is 29.5 Å². The number of Topliss-reactive ketones (excluding diaryl/α,β-unsaturated/α-hetero) is 1. The minimum absolute atomic E-state index is 0.204. The van der Waals surface area contributed by atoms with Crippen LogP contribution in [0, 0.1) is 0 Å². The molecule has 4 rings (SSSR count). The topological polar surface area (TPSA) is 88.8 Å². The van der Waals surface area contributed by atoms with Crippen LogP contribution in [0.4, 0.5) is 10.5 Å². The lowest BCUT2D eigenvalue weighted by Gasteiger charge is -2.26. The summed E-state index contributed by atoms with van der Waals surface area (Å²) in [6.07, 6.45) is 5.04. The van der Waals surface area contributed by atoms with Crippen molar-refractivity contribution < 1.29 is 14.3 Å². The number of aromatic nitrogens is 2. The Bertz CT molecular complexity index is 937. The van der Waals surface area contributed by atoms with Crippen LogP contribution in [-0.2, 0) is 18.3 Å². The summed E-state index contributed by atoms with van der Waals surface area (Å²) in [4.78, 5) is 30.2. The summed E-state index contributed by atoms with van der Waals surface area (Å²) in [7, 11) is 3.49. The Labute approximate surface area is 156 Å². The Kier molecular flexibility index (Phi) is 4.39. The number of ketones is 1. The lowest BCUT2D eigenvalue weighted by Crippen LogP contribution is -2.46. The molecule has 0 unspecified atom stereocenters. The number of nitrogens with zero attached hydrogens (tertiary/aromatic N) is 4. The minimum atomic E-state index is -0.212. The maximum absolute atomic E-state index is 12.5. The normalized spacial score (nSPS) is 16.1. The van der Waals surface area contributed by atoms with E-state index in [1.165, 1.54) is 0 Å². The van der Waals surface area contributed by atoms with Gasteiger partial charge in [0.1, 0.15) is 17.4 Å². The third kappa shape index (κ3) is 3.30. The van der Waals surface area contributed by atoms with E-state index in [-0.39, 0.29) is 11.8 Å². The van der Waals surface area contributed by atoms with Gasteiger partial charge in [-0.05, 0) is 12.1 Å². The van der Waals surface area contributed by atoms with Gasteiger partial charge in [0.25, 0.3) is 0 Å². The maximum Gasteiger partial charge on any atom is 0.322 e. The van der Waals surface area contributed by atoms with Gasteiger partial charge in [0.15, 0.2) is 0 Å². The summed E-state index contributed by atoms with van der Waals surface area (Å²) in [5, 5.41) is 7.12. The number of urea groups is 1. The molecule has 2 amide bonds. The lowest BCUT2D eigenvalue weighted by molar-refractivity contribution is -0.120. The van der Waals surface area contributed by atoms with Crippen molar-refractivity contribution in [3.8, 4) is 16.9 Å². The molecular formula is C19H21N5O3. The summed E-state index contributed by atoms with van der Waals surface area (Å²) in [6.45, 7) is 0.907. The molecule has 2 aliphatic heterocycles. The molecule has 27 heavy (non-hydrogen) atoms. The average Bonchev–Trinajstić information content (AvgIpc) is 3.27. The Hall–Kier alpha value is -3.16. The van der Waals surface area contributed by atoms with E-state index >= 15 is 0 Å². The third-order valence-corrected chi connectivity index (χ3v) is 4.93. The van der Waals surface area contributed by atoms with Gasteiger partial charge in [-0.15, -0.1) is 0 Å². The number of fused-ring (bicyclic) bond motifs is 1. The fourth-order valence-corrected chi connectivity index (χ4v) is 3.48. The van der Waals surface area contributed by atoms with E-state index in [4.69, 9.17) is 4.74 Å². The number of piperidine rings is 1. The number of amides is 2. The van der Waals surface area contributed by atoms with Gasteiger partial charge in [0.05, 0.1) is 19.0 Å². The first-order valence-electron chi connectivity index (χ1n) is 8.89. The molecule has 3 heterocycles. The second-order valence-corrected chi connectivity index (χ2v) is 6.74. The Morgan fingerprint density at radius 1 is 1.26 bits per heavy atom. The number of methoxy groups -OCH3 is 1. The molecule has 0 bridgehead atoms. The fraction of sp³-hybridized carbons (Fsp3) is 0.368. The number of carbonyl (C=O) groups excluding carboxylic acids is 2. The van der Waals surface area contributed by atoms with Crippen LogP contribution in [0.5, 0.6) is 5.75 Å². The molecular weight excluding hydrogens is 346 g/mol. The highest BCUT2D eigenvalue weighted by Gasteiger charge is 2.26. The second kappa shape index (κ2) is 6.86. The quantitative estimate of drug-likeness (QED) is 0.880. The molecule has 0 atom stereocenters. The number of hydrogen-bond donors (Lipinski definition) is 1. The van der Waals surface area contributed by atoms with Crippen molar-refractivity contribution >= 4 is 23.3 Å². The number of rotatable bonds is 2. The standard InChI is InChI=1S/C19H21N5O3/c1-23-11-12(10-20-23)14-3-4-16(27-2)15-9-17(21-18(14)15)22-19(26)24-7-5-13(25)6-8-24/h3-4,10-11H,5-9H2,1-2H3,(H,21,22,26). The van der Waals surface area contributed by atoms with Gasteiger partial charge in [-0.3, -0.25) is 14.8 Å². The molecule has 140 valence electrons. The van der Waals surface area contributed by atoms with Crippen molar-refractivity contribution in [1.29, 1.82) is 0 Å². The highest BCUT2D eigenvalue weighted by molar-refractivity contribution is 6.05. The first kappa shape index (κ1) is 17.3. The molecule has 0 aliphatic carbocycles. The van der Waals surface area contributed by atoms with E-state index in [0.717, 1.165) is 28.1 Å². The van der Waals surface area contributed by atoms with E-state index in [1.54, 1.807) is 22.9 Å². The predicted octanol–water partition coefficient (Wildman–Crippen LogP) is 2.06. The number of aliphatic imine (C=N–C) groups is 1. The van der Waals surface area contributed by atoms with E-state index in [9.17, 15) is 9.59 Å². The number of hydrogen-bond acceptors (Lipinski definition) is 5.